The number of rotatable bonds is 6. The molecule has 0 saturated carbocycles. The molecule has 1 aliphatic heterocycles. The van der Waals surface area contributed by atoms with Crippen molar-refractivity contribution in [2.45, 2.75) is 25.4 Å². The van der Waals surface area contributed by atoms with E-state index in [-0.39, 0.29) is 11.8 Å². The number of carbonyl (C=O) groups excluding carboxylic acids is 2. The summed E-state index contributed by atoms with van der Waals surface area (Å²) in [5.41, 5.74) is 2.26. The number of anilines is 1. The Morgan fingerprint density at radius 1 is 1.15 bits per heavy atom. The van der Waals surface area contributed by atoms with Crippen molar-refractivity contribution in [1.29, 1.82) is 0 Å². The fraction of sp³-hybridized carbons (Fsp3) is 0.300. The zero-order valence-electron chi connectivity index (χ0n) is 14.3. The van der Waals surface area contributed by atoms with Gasteiger partial charge in [-0.15, -0.1) is 0 Å². The Labute approximate surface area is 161 Å². The quantitative estimate of drug-likeness (QED) is 0.756. The molecule has 1 fully saturated rings. The van der Waals surface area contributed by atoms with Gasteiger partial charge < -0.3 is 15.4 Å². The lowest BCUT2D eigenvalue weighted by Gasteiger charge is -2.11. The van der Waals surface area contributed by atoms with Crippen molar-refractivity contribution in [2.75, 3.05) is 18.5 Å². The fourth-order valence-corrected chi connectivity index (χ4v) is 3.34. The zero-order valence-corrected chi connectivity index (χ0v) is 15.9. The van der Waals surface area contributed by atoms with E-state index < -0.39 is 6.10 Å². The number of ether oxygens (including phenoxy) is 1. The van der Waals surface area contributed by atoms with Crippen LogP contribution in [0.2, 0.25) is 0 Å². The predicted octanol–water partition coefficient (Wildman–Crippen LogP) is 3.54. The number of hydrogen-bond donors (Lipinski definition) is 2. The molecule has 0 spiro atoms. The highest BCUT2D eigenvalue weighted by molar-refractivity contribution is 9.10. The van der Waals surface area contributed by atoms with E-state index in [0.29, 0.717) is 24.4 Å². The molecule has 2 aromatic rings. The summed E-state index contributed by atoms with van der Waals surface area (Å²) in [4.78, 5) is 24.5. The maximum Gasteiger partial charge on any atom is 0.253 e. The third-order valence-corrected chi connectivity index (χ3v) is 5.03. The first-order valence-corrected chi connectivity index (χ1v) is 9.47. The standard InChI is InChI=1S/C20H21BrN2O3/c21-17-8-2-1-5-14(17)10-11-22-19(24)15-6-3-7-16(13-15)23-20(25)18-9-4-12-26-18/h1-3,5-8,13,18H,4,9-12H2,(H,22,24)(H,23,25). The molecule has 1 atom stereocenters. The summed E-state index contributed by atoms with van der Waals surface area (Å²) < 4.78 is 6.41. The molecule has 1 aliphatic rings. The summed E-state index contributed by atoms with van der Waals surface area (Å²) >= 11 is 3.51. The molecule has 2 aromatic carbocycles. The first kappa shape index (κ1) is 18.6. The van der Waals surface area contributed by atoms with Gasteiger partial charge in [-0.25, -0.2) is 0 Å². The maximum atomic E-state index is 12.4. The molecule has 0 aromatic heterocycles. The molecule has 0 aliphatic carbocycles. The normalized spacial score (nSPS) is 16.3. The minimum atomic E-state index is -0.392. The Bertz CT molecular complexity index is 788. The van der Waals surface area contributed by atoms with Gasteiger partial charge in [-0.3, -0.25) is 9.59 Å². The number of halogens is 1. The topological polar surface area (TPSA) is 67.4 Å². The van der Waals surface area contributed by atoms with Gasteiger partial charge in [0.2, 0.25) is 0 Å². The lowest BCUT2D eigenvalue weighted by molar-refractivity contribution is -0.124. The Balaban J connectivity index is 1.54. The number of benzene rings is 2. The summed E-state index contributed by atoms with van der Waals surface area (Å²) in [6, 6.07) is 14.9. The second-order valence-electron chi connectivity index (χ2n) is 6.17. The number of hydrogen-bond acceptors (Lipinski definition) is 3. The molecule has 26 heavy (non-hydrogen) atoms. The van der Waals surface area contributed by atoms with Crippen LogP contribution in [0.25, 0.3) is 0 Å². The molecular formula is C20H21BrN2O3. The van der Waals surface area contributed by atoms with Gasteiger partial charge in [0.15, 0.2) is 0 Å². The maximum absolute atomic E-state index is 12.4. The van der Waals surface area contributed by atoms with E-state index in [1.54, 1.807) is 24.3 Å². The highest BCUT2D eigenvalue weighted by Gasteiger charge is 2.23. The van der Waals surface area contributed by atoms with Crippen molar-refractivity contribution in [1.82, 2.24) is 5.32 Å². The van der Waals surface area contributed by atoms with Crippen LogP contribution < -0.4 is 10.6 Å². The smallest absolute Gasteiger partial charge is 0.253 e. The lowest BCUT2D eigenvalue weighted by Crippen LogP contribution is -2.28. The van der Waals surface area contributed by atoms with E-state index in [0.717, 1.165) is 29.3 Å². The molecule has 6 heteroatoms. The van der Waals surface area contributed by atoms with Crippen LogP contribution in [-0.4, -0.2) is 31.1 Å². The van der Waals surface area contributed by atoms with Crippen molar-refractivity contribution < 1.29 is 14.3 Å². The zero-order chi connectivity index (χ0) is 18.4. The number of carbonyl (C=O) groups is 2. The van der Waals surface area contributed by atoms with E-state index >= 15 is 0 Å². The van der Waals surface area contributed by atoms with Crippen molar-refractivity contribution in [3.63, 3.8) is 0 Å². The van der Waals surface area contributed by atoms with Gasteiger partial charge in [-0.1, -0.05) is 40.2 Å². The van der Waals surface area contributed by atoms with Gasteiger partial charge in [-0.2, -0.15) is 0 Å². The SMILES string of the molecule is O=C(NCCc1ccccc1Br)c1cccc(NC(=O)C2CCCO2)c1. The third kappa shape index (κ3) is 4.93. The van der Waals surface area contributed by atoms with Crippen LogP contribution in [0.15, 0.2) is 53.0 Å². The average Bonchev–Trinajstić information content (AvgIpc) is 3.18. The van der Waals surface area contributed by atoms with Gasteiger partial charge >= 0.3 is 0 Å². The minimum Gasteiger partial charge on any atom is -0.368 e. The van der Waals surface area contributed by atoms with E-state index in [4.69, 9.17) is 4.74 Å². The van der Waals surface area contributed by atoms with Crippen LogP contribution in [0.5, 0.6) is 0 Å². The molecule has 1 unspecified atom stereocenters. The number of amides is 2. The van der Waals surface area contributed by atoms with Crippen LogP contribution in [0, 0.1) is 0 Å². The van der Waals surface area contributed by atoms with Crippen LogP contribution in [0.1, 0.15) is 28.8 Å². The van der Waals surface area contributed by atoms with Crippen molar-refractivity contribution >= 4 is 33.4 Å². The molecule has 0 bridgehead atoms. The molecule has 0 radical (unpaired) electrons. The van der Waals surface area contributed by atoms with Gasteiger partial charge in [0.25, 0.3) is 11.8 Å². The summed E-state index contributed by atoms with van der Waals surface area (Å²) in [6.07, 6.45) is 1.98. The van der Waals surface area contributed by atoms with Crippen molar-refractivity contribution in [3.05, 3.63) is 64.1 Å². The van der Waals surface area contributed by atoms with Crippen molar-refractivity contribution in [2.24, 2.45) is 0 Å². The molecular weight excluding hydrogens is 396 g/mol. The van der Waals surface area contributed by atoms with Crippen LogP contribution in [0.4, 0.5) is 5.69 Å². The van der Waals surface area contributed by atoms with Gasteiger partial charge in [0.1, 0.15) is 6.10 Å². The molecule has 5 nitrogen and oxygen atoms in total. The van der Waals surface area contributed by atoms with E-state index in [9.17, 15) is 9.59 Å². The molecule has 2 amide bonds. The summed E-state index contributed by atoms with van der Waals surface area (Å²) in [7, 11) is 0. The Morgan fingerprint density at radius 2 is 2.00 bits per heavy atom. The Morgan fingerprint density at radius 3 is 2.77 bits per heavy atom. The minimum absolute atomic E-state index is 0.158. The largest absolute Gasteiger partial charge is 0.368 e. The summed E-state index contributed by atoms with van der Waals surface area (Å²) in [6.45, 7) is 1.16. The molecule has 136 valence electrons. The van der Waals surface area contributed by atoms with Crippen LogP contribution >= 0.6 is 15.9 Å². The molecule has 1 heterocycles. The first-order valence-electron chi connectivity index (χ1n) is 8.67. The Kier molecular flexibility index (Phi) is 6.41. The monoisotopic (exact) mass is 416 g/mol. The molecule has 3 rings (SSSR count). The Hall–Kier alpha value is -2.18. The highest BCUT2D eigenvalue weighted by Crippen LogP contribution is 2.17. The van der Waals surface area contributed by atoms with E-state index in [1.165, 1.54) is 0 Å². The lowest BCUT2D eigenvalue weighted by atomic mass is 10.1. The first-order chi connectivity index (χ1) is 12.6. The van der Waals surface area contributed by atoms with Gasteiger partial charge in [0, 0.05) is 28.9 Å². The second kappa shape index (κ2) is 8.96. The van der Waals surface area contributed by atoms with Crippen LogP contribution in [0.3, 0.4) is 0 Å². The fourth-order valence-electron chi connectivity index (χ4n) is 2.86. The van der Waals surface area contributed by atoms with Crippen LogP contribution in [-0.2, 0) is 16.0 Å². The second-order valence-corrected chi connectivity index (χ2v) is 7.02. The van der Waals surface area contributed by atoms with Gasteiger partial charge in [0.05, 0.1) is 0 Å². The number of nitrogens with one attached hydrogen (secondary N) is 2. The third-order valence-electron chi connectivity index (χ3n) is 4.25. The van der Waals surface area contributed by atoms with E-state index in [2.05, 4.69) is 26.6 Å². The van der Waals surface area contributed by atoms with Gasteiger partial charge in [-0.05, 0) is 49.1 Å². The van der Waals surface area contributed by atoms with Crippen molar-refractivity contribution in [3.8, 4) is 0 Å². The predicted molar refractivity (Wildman–Crippen MR) is 104 cm³/mol. The molecule has 1 saturated heterocycles. The highest BCUT2D eigenvalue weighted by atomic mass is 79.9. The van der Waals surface area contributed by atoms with E-state index in [1.807, 2.05) is 24.3 Å². The average molecular weight is 417 g/mol. The molecule has 2 N–H and O–H groups in total. The summed E-state index contributed by atoms with van der Waals surface area (Å²) in [5, 5.41) is 5.73. The summed E-state index contributed by atoms with van der Waals surface area (Å²) in [5.74, 6) is -0.320.